The molecule has 1 nitrogen and oxygen atoms in total. The van der Waals surface area contributed by atoms with Gasteiger partial charge in [0.2, 0.25) is 0 Å². The molecule has 0 aromatic carbocycles. The highest BCUT2D eigenvalue weighted by Gasteiger charge is 2.34. The lowest BCUT2D eigenvalue weighted by atomic mass is 10.4. The summed E-state index contributed by atoms with van der Waals surface area (Å²) in [6, 6.07) is 0. The van der Waals surface area contributed by atoms with Gasteiger partial charge in [0.1, 0.15) is 5.70 Å². The Balaban J connectivity index is 4.40. The number of alkyl halides is 3. The van der Waals surface area contributed by atoms with Gasteiger partial charge in [-0.15, -0.1) is 0 Å². The minimum atomic E-state index is -4.22. The fourth-order valence-corrected chi connectivity index (χ4v) is 0.675. The van der Waals surface area contributed by atoms with Crippen LogP contribution in [-0.2, 0) is 0 Å². The Bertz CT molecular complexity index is 134. The standard InChI is InChI=1S/C6H10F3N/c1-4-5(10(2)3)6(7,8)9/h4H,1-3H3/b5-4+. The van der Waals surface area contributed by atoms with Gasteiger partial charge in [-0.25, -0.2) is 0 Å². The van der Waals surface area contributed by atoms with E-state index in [0.29, 0.717) is 0 Å². The van der Waals surface area contributed by atoms with Crippen LogP contribution in [0.15, 0.2) is 11.8 Å². The van der Waals surface area contributed by atoms with E-state index < -0.39 is 11.9 Å². The van der Waals surface area contributed by atoms with Gasteiger partial charge in [-0.2, -0.15) is 13.2 Å². The Kier molecular flexibility index (Phi) is 2.75. The van der Waals surface area contributed by atoms with Gasteiger partial charge >= 0.3 is 6.18 Å². The first-order valence-electron chi connectivity index (χ1n) is 2.80. The number of halogens is 3. The normalized spacial score (nSPS) is 13.6. The number of allylic oxidation sites excluding steroid dienone is 2. The van der Waals surface area contributed by atoms with Crippen LogP contribution in [0.2, 0.25) is 0 Å². The second-order valence-corrected chi connectivity index (χ2v) is 2.07. The van der Waals surface area contributed by atoms with Crippen molar-refractivity contribution in [3.05, 3.63) is 11.8 Å². The van der Waals surface area contributed by atoms with Crippen molar-refractivity contribution in [1.82, 2.24) is 4.90 Å². The summed E-state index contributed by atoms with van der Waals surface area (Å²) in [6.07, 6.45) is -3.18. The molecule has 0 amide bonds. The van der Waals surface area contributed by atoms with Crippen molar-refractivity contribution in [2.75, 3.05) is 14.1 Å². The zero-order chi connectivity index (χ0) is 8.36. The molecule has 60 valence electrons. The summed E-state index contributed by atoms with van der Waals surface area (Å²) in [5.41, 5.74) is -0.618. The van der Waals surface area contributed by atoms with Crippen LogP contribution in [0.25, 0.3) is 0 Å². The summed E-state index contributed by atoms with van der Waals surface area (Å²) in [5.74, 6) is 0. The maximum Gasteiger partial charge on any atom is 0.430 e. The molecule has 0 heterocycles. The van der Waals surface area contributed by atoms with Crippen molar-refractivity contribution < 1.29 is 13.2 Å². The molecule has 0 saturated heterocycles. The second kappa shape index (κ2) is 2.94. The molecule has 4 heteroatoms. The summed E-state index contributed by atoms with van der Waals surface area (Å²) in [7, 11) is 2.73. The summed E-state index contributed by atoms with van der Waals surface area (Å²) >= 11 is 0. The van der Waals surface area contributed by atoms with E-state index in [0.717, 1.165) is 11.0 Å². The predicted octanol–water partition coefficient (Wildman–Crippen LogP) is 2.01. The highest BCUT2D eigenvalue weighted by atomic mass is 19.4. The largest absolute Gasteiger partial charge is 0.430 e. The molecule has 0 aliphatic rings. The van der Waals surface area contributed by atoms with Crippen LogP contribution in [0, 0.1) is 0 Å². The van der Waals surface area contributed by atoms with Crippen LogP contribution in [-0.4, -0.2) is 25.2 Å². The third kappa shape index (κ3) is 2.29. The fourth-order valence-electron chi connectivity index (χ4n) is 0.675. The van der Waals surface area contributed by atoms with E-state index in [1.165, 1.54) is 21.0 Å². The van der Waals surface area contributed by atoms with Crippen LogP contribution >= 0.6 is 0 Å². The molecule has 0 aromatic rings. The van der Waals surface area contributed by atoms with Crippen molar-refractivity contribution in [2.24, 2.45) is 0 Å². The van der Waals surface area contributed by atoms with Gasteiger partial charge in [0.25, 0.3) is 0 Å². The molecule has 0 fully saturated rings. The van der Waals surface area contributed by atoms with E-state index in [9.17, 15) is 13.2 Å². The topological polar surface area (TPSA) is 3.24 Å². The number of hydrogen-bond acceptors (Lipinski definition) is 1. The average molecular weight is 153 g/mol. The number of hydrogen-bond donors (Lipinski definition) is 0. The molecule has 0 N–H and O–H groups in total. The molecular weight excluding hydrogens is 143 g/mol. The minimum Gasteiger partial charge on any atom is -0.374 e. The Morgan fingerprint density at radius 2 is 1.70 bits per heavy atom. The molecule has 0 rings (SSSR count). The lowest BCUT2D eigenvalue weighted by Crippen LogP contribution is -2.24. The minimum absolute atomic E-state index is 0.618. The highest BCUT2D eigenvalue weighted by Crippen LogP contribution is 2.26. The maximum atomic E-state index is 11.9. The van der Waals surface area contributed by atoms with Crippen molar-refractivity contribution in [1.29, 1.82) is 0 Å². The van der Waals surface area contributed by atoms with Crippen LogP contribution in [0.4, 0.5) is 13.2 Å². The zero-order valence-corrected chi connectivity index (χ0v) is 6.16. The van der Waals surface area contributed by atoms with Crippen molar-refractivity contribution in [3.8, 4) is 0 Å². The number of rotatable bonds is 1. The molecule has 0 aliphatic heterocycles. The lowest BCUT2D eigenvalue weighted by Gasteiger charge is -2.18. The summed E-state index contributed by atoms with van der Waals surface area (Å²) in [5, 5.41) is 0. The first kappa shape index (κ1) is 9.33. The van der Waals surface area contributed by atoms with Gasteiger partial charge in [-0.1, -0.05) is 6.08 Å². The van der Waals surface area contributed by atoms with Gasteiger partial charge in [-0.3, -0.25) is 0 Å². The average Bonchev–Trinajstić information content (AvgIpc) is 1.60. The van der Waals surface area contributed by atoms with E-state index in [1.54, 1.807) is 0 Å². The molecule has 0 atom stereocenters. The van der Waals surface area contributed by atoms with Crippen molar-refractivity contribution >= 4 is 0 Å². The molecule has 0 aliphatic carbocycles. The first-order chi connectivity index (χ1) is 4.39. The maximum absolute atomic E-state index is 11.9. The van der Waals surface area contributed by atoms with E-state index in [2.05, 4.69) is 0 Å². The van der Waals surface area contributed by atoms with Gasteiger partial charge in [-0.05, 0) is 6.92 Å². The fraction of sp³-hybridized carbons (Fsp3) is 0.667. The van der Waals surface area contributed by atoms with Crippen LogP contribution < -0.4 is 0 Å². The van der Waals surface area contributed by atoms with Crippen molar-refractivity contribution in [2.45, 2.75) is 13.1 Å². The van der Waals surface area contributed by atoms with Crippen LogP contribution in [0.5, 0.6) is 0 Å². The molecule has 0 aromatic heterocycles. The highest BCUT2D eigenvalue weighted by molar-refractivity contribution is 5.04. The van der Waals surface area contributed by atoms with E-state index in [1.807, 2.05) is 0 Å². The molecule has 0 radical (unpaired) electrons. The second-order valence-electron chi connectivity index (χ2n) is 2.07. The summed E-state index contributed by atoms with van der Waals surface area (Å²) in [4.78, 5) is 1.04. The van der Waals surface area contributed by atoms with Gasteiger partial charge in [0.05, 0.1) is 0 Å². The third-order valence-corrected chi connectivity index (χ3v) is 1.05. The Morgan fingerprint density at radius 1 is 1.30 bits per heavy atom. The summed E-state index contributed by atoms with van der Waals surface area (Å²) in [6.45, 7) is 1.36. The number of nitrogens with zero attached hydrogens (tertiary/aromatic N) is 1. The van der Waals surface area contributed by atoms with Gasteiger partial charge < -0.3 is 4.90 Å². The molecule has 0 bridgehead atoms. The third-order valence-electron chi connectivity index (χ3n) is 1.05. The Morgan fingerprint density at radius 3 is 1.70 bits per heavy atom. The predicted molar refractivity (Wildman–Crippen MR) is 33.5 cm³/mol. The van der Waals surface area contributed by atoms with Crippen LogP contribution in [0.3, 0.4) is 0 Å². The van der Waals surface area contributed by atoms with Crippen LogP contribution in [0.1, 0.15) is 6.92 Å². The molecule has 0 spiro atoms. The van der Waals surface area contributed by atoms with E-state index >= 15 is 0 Å². The smallest absolute Gasteiger partial charge is 0.374 e. The molecule has 10 heavy (non-hydrogen) atoms. The van der Waals surface area contributed by atoms with Gasteiger partial charge in [0.15, 0.2) is 0 Å². The lowest BCUT2D eigenvalue weighted by molar-refractivity contribution is -0.107. The quantitative estimate of drug-likeness (QED) is 0.557. The molecular formula is C6H10F3N. The Hall–Kier alpha value is -0.670. The first-order valence-corrected chi connectivity index (χ1v) is 2.80. The van der Waals surface area contributed by atoms with Crippen molar-refractivity contribution in [3.63, 3.8) is 0 Å². The van der Waals surface area contributed by atoms with E-state index in [-0.39, 0.29) is 0 Å². The van der Waals surface area contributed by atoms with E-state index in [4.69, 9.17) is 0 Å². The molecule has 0 saturated carbocycles. The zero-order valence-electron chi connectivity index (χ0n) is 6.16. The SMILES string of the molecule is C/C=C(/N(C)C)C(F)(F)F. The summed E-state index contributed by atoms with van der Waals surface area (Å²) < 4.78 is 35.6. The molecule has 0 unspecified atom stereocenters. The monoisotopic (exact) mass is 153 g/mol. The Labute approximate surface area is 58.1 Å². The van der Waals surface area contributed by atoms with Gasteiger partial charge in [0, 0.05) is 14.1 Å².